The number of amides is 1. The van der Waals surface area contributed by atoms with Crippen molar-refractivity contribution < 1.29 is 4.79 Å². The second-order valence-electron chi connectivity index (χ2n) is 6.22. The van der Waals surface area contributed by atoms with Crippen molar-refractivity contribution >= 4 is 61.1 Å². The summed E-state index contributed by atoms with van der Waals surface area (Å²) in [6.45, 7) is 0. The van der Waals surface area contributed by atoms with Crippen molar-refractivity contribution in [2.45, 2.75) is 6.42 Å². The maximum Gasteiger partial charge on any atom is 0.266 e. The molecule has 0 unspecified atom stereocenters. The number of hydrogen-bond donors (Lipinski definition) is 1. The summed E-state index contributed by atoms with van der Waals surface area (Å²) < 4.78 is 1.87. The molecule has 0 radical (unpaired) electrons. The van der Waals surface area contributed by atoms with E-state index in [1.807, 2.05) is 48.5 Å². The molecule has 0 aliphatic carbocycles. The Kier molecular flexibility index (Phi) is 7.27. The first-order chi connectivity index (χ1) is 14.0. The van der Waals surface area contributed by atoms with E-state index < -0.39 is 5.91 Å². The van der Waals surface area contributed by atoms with Crippen LogP contribution in [0.4, 0.5) is 5.69 Å². The monoisotopic (exact) mass is 528 g/mol. The Morgan fingerprint density at radius 3 is 2.48 bits per heavy atom. The number of nitriles is 1. The summed E-state index contributed by atoms with van der Waals surface area (Å²) in [7, 11) is 0. The van der Waals surface area contributed by atoms with Gasteiger partial charge in [-0.2, -0.15) is 5.26 Å². The largest absolute Gasteiger partial charge is 0.320 e. The Balaban J connectivity index is 1.94. The highest BCUT2D eigenvalue weighted by Gasteiger charge is 2.13. The van der Waals surface area contributed by atoms with Gasteiger partial charge in [0.1, 0.15) is 11.6 Å². The molecule has 144 valence electrons. The smallest absolute Gasteiger partial charge is 0.266 e. The van der Waals surface area contributed by atoms with E-state index >= 15 is 0 Å². The van der Waals surface area contributed by atoms with E-state index in [-0.39, 0.29) is 5.57 Å². The van der Waals surface area contributed by atoms with Gasteiger partial charge in [0.05, 0.1) is 10.7 Å². The normalized spacial score (nSPS) is 11.0. The fourth-order valence-corrected chi connectivity index (χ4v) is 3.75. The highest BCUT2D eigenvalue weighted by atomic mass is 79.9. The van der Waals surface area contributed by atoms with Crippen LogP contribution in [-0.4, -0.2) is 5.91 Å². The number of rotatable bonds is 5. The zero-order valence-corrected chi connectivity index (χ0v) is 19.1. The SMILES string of the molecule is N#C/C(=C\c1cc(Br)ccc1Cc1ccccc1Br)C(=O)Nc1ccccc1Cl. The topological polar surface area (TPSA) is 52.9 Å². The van der Waals surface area contributed by atoms with Crippen molar-refractivity contribution in [3.05, 3.63) is 103 Å². The molecule has 0 saturated carbocycles. The van der Waals surface area contributed by atoms with Gasteiger partial charge < -0.3 is 5.32 Å². The molecule has 1 N–H and O–H groups in total. The number of nitrogens with zero attached hydrogens (tertiary/aromatic N) is 1. The van der Waals surface area contributed by atoms with E-state index in [1.165, 1.54) is 0 Å². The second kappa shape index (κ2) is 9.89. The van der Waals surface area contributed by atoms with Gasteiger partial charge >= 0.3 is 0 Å². The van der Waals surface area contributed by atoms with Crippen LogP contribution in [0, 0.1) is 11.3 Å². The maximum atomic E-state index is 12.6. The fourth-order valence-electron chi connectivity index (χ4n) is 2.76. The van der Waals surface area contributed by atoms with Crippen LogP contribution in [0.15, 0.2) is 81.2 Å². The summed E-state index contributed by atoms with van der Waals surface area (Å²) in [6, 6.07) is 22.7. The van der Waals surface area contributed by atoms with Gasteiger partial charge in [-0.25, -0.2) is 0 Å². The van der Waals surface area contributed by atoms with E-state index in [0.29, 0.717) is 17.1 Å². The van der Waals surface area contributed by atoms with Gasteiger partial charge in [-0.15, -0.1) is 0 Å². The van der Waals surface area contributed by atoms with Crippen LogP contribution in [-0.2, 0) is 11.2 Å². The summed E-state index contributed by atoms with van der Waals surface area (Å²) in [6.07, 6.45) is 2.26. The number of anilines is 1. The molecule has 3 rings (SSSR count). The van der Waals surface area contributed by atoms with Gasteiger partial charge in [-0.1, -0.05) is 79.9 Å². The quantitative estimate of drug-likeness (QED) is 0.285. The fraction of sp³-hybridized carbons (Fsp3) is 0.0435. The van der Waals surface area contributed by atoms with Gasteiger partial charge in [0, 0.05) is 8.95 Å². The molecular formula is C23H15Br2ClN2O. The minimum absolute atomic E-state index is 0.00334. The summed E-state index contributed by atoms with van der Waals surface area (Å²) in [5.41, 5.74) is 3.36. The van der Waals surface area contributed by atoms with Crippen molar-refractivity contribution in [3.63, 3.8) is 0 Å². The van der Waals surface area contributed by atoms with Crippen molar-refractivity contribution in [1.29, 1.82) is 5.26 Å². The van der Waals surface area contributed by atoms with Gasteiger partial charge in [0.15, 0.2) is 0 Å². The van der Waals surface area contributed by atoms with Crippen molar-refractivity contribution in [2.24, 2.45) is 0 Å². The lowest BCUT2D eigenvalue weighted by Gasteiger charge is -2.10. The average molecular weight is 531 g/mol. The van der Waals surface area contributed by atoms with E-state index in [0.717, 1.165) is 25.6 Å². The summed E-state index contributed by atoms with van der Waals surface area (Å²) in [5.74, 6) is -0.507. The molecule has 0 aromatic heterocycles. The third-order valence-electron chi connectivity index (χ3n) is 4.23. The zero-order valence-electron chi connectivity index (χ0n) is 15.1. The molecule has 0 fully saturated rings. The zero-order chi connectivity index (χ0) is 20.8. The predicted molar refractivity (Wildman–Crippen MR) is 125 cm³/mol. The van der Waals surface area contributed by atoms with Crippen LogP contribution in [0.25, 0.3) is 6.08 Å². The van der Waals surface area contributed by atoms with Crippen molar-refractivity contribution in [1.82, 2.24) is 0 Å². The molecule has 0 saturated heterocycles. The first-order valence-electron chi connectivity index (χ1n) is 8.67. The van der Waals surface area contributed by atoms with Crippen LogP contribution in [0.1, 0.15) is 16.7 Å². The highest BCUT2D eigenvalue weighted by Crippen LogP contribution is 2.26. The van der Waals surface area contributed by atoms with Crippen molar-refractivity contribution in [2.75, 3.05) is 5.32 Å². The Hall–Kier alpha value is -2.39. The number of carbonyl (C=O) groups excluding carboxylic acids is 1. The molecule has 3 aromatic carbocycles. The van der Waals surface area contributed by atoms with Crippen LogP contribution < -0.4 is 5.32 Å². The number of nitrogens with one attached hydrogen (secondary N) is 1. The van der Waals surface area contributed by atoms with E-state index in [4.69, 9.17) is 11.6 Å². The van der Waals surface area contributed by atoms with Gasteiger partial charge in [0.25, 0.3) is 5.91 Å². The van der Waals surface area contributed by atoms with E-state index in [2.05, 4.69) is 37.2 Å². The molecule has 0 atom stereocenters. The molecule has 0 bridgehead atoms. The Bertz CT molecular complexity index is 1140. The molecule has 6 heteroatoms. The third-order valence-corrected chi connectivity index (χ3v) is 5.83. The molecule has 0 heterocycles. The summed E-state index contributed by atoms with van der Waals surface area (Å²) >= 11 is 13.1. The van der Waals surface area contributed by atoms with E-state index in [9.17, 15) is 10.1 Å². The van der Waals surface area contributed by atoms with E-state index in [1.54, 1.807) is 30.3 Å². The standard InChI is InChI=1S/C23H15Br2ClN2O/c24-19-10-9-15(11-16-5-1-2-6-20(16)25)17(13-19)12-18(14-27)23(29)28-22-8-4-3-7-21(22)26/h1-10,12-13H,11H2,(H,28,29)/b18-12+. The first kappa shape index (κ1) is 21.3. The average Bonchev–Trinajstić information content (AvgIpc) is 2.71. The molecule has 3 aromatic rings. The Morgan fingerprint density at radius 1 is 1.03 bits per heavy atom. The van der Waals surface area contributed by atoms with Gasteiger partial charge in [-0.05, 0) is 59.5 Å². The molecular weight excluding hydrogens is 516 g/mol. The number of halogens is 3. The number of carbonyl (C=O) groups is 1. The Morgan fingerprint density at radius 2 is 1.76 bits per heavy atom. The van der Waals surface area contributed by atoms with Crippen LogP contribution in [0.2, 0.25) is 5.02 Å². The Labute approximate surface area is 191 Å². The lowest BCUT2D eigenvalue weighted by atomic mass is 9.98. The lowest BCUT2D eigenvalue weighted by Crippen LogP contribution is -2.13. The summed E-state index contributed by atoms with van der Waals surface area (Å²) in [5, 5.41) is 12.7. The first-order valence-corrected chi connectivity index (χ1v) is 10.6. The minimum atomic E-state index is -0.507. The lowest BCUT2D eigenvalue weighted by molar-refractivity contribution is -0.112. The number of hydrogen-bond acceptors (Lipinski definition) is 2. The second-order valence-corrected chi connectivity index (χ2v) is 8.39. The number of para-hydroxylation sites is 1. The molecule has 1 amide bonds. The van der Waals surface area contributed by atoms with Gasteiger partial charge in [0.2, 0.25) is 0 Å². The molecule has 0 aliphatic rings. The minimum Gasteiger partial charge on any atom is -0.320 e. The molecule has 0 aliphatic heterocycles. The molecule has 29 heavy (non-hydrogen) atoms. The highest BCUT2D eigenvalue weighted by molar-refractivity contribution is 9.10. The van der Waals surface area contributed by atoms with Crippen molar-refractivity contribution in [3.8, 4) is 6.07 Å². The molecule has 3 nitrogen and oxygen atoms in total. The predicted octanol–water partition coefficient (Wildman–Crippen LogP) is 7.00. The number of benzene rings is 3. The third kappa shape index (κ3) is 5.57. The maximum absolute atomic E-state index is 12.6. The van der Waals surface area contributed by atoms with Crippen LogP contribution >= 0.6 is 43.5 Å². The molecule has 0 spiro atoms. The van der Waals surface area contributed by atoms with Gasteiger partial charge in [-0.3, -0.25) is 4.79 Å². The van der Waals surface area contributed by atoms with Crippen LogP contribution in [0.3, 0.4) is 0 Å². The summed E-state index contributed by atoms with van der Waals surface area (Å²) in [4.78, 5) is 12.6. The van der Waals surface area contributed by atoms with Crippen LogP contribution in [0.5, 0.6) is 0 Å².